The average Bonchev–Trinajstić information content (AvgIpc) is 2.01. The maximum Gasteiger partial charge on any atom is 0.119 e. The van der Waals surface area contributed by atoms with E-state index in [1.54, 1.807) is 13.8 Å². The van der Waals surface area contributed by atoms with Crippen molar-refractivity contribution in [2.75, 3.05) is 0 Å². The van der Waals surface area contributed by atoms with Crippen LogP contribution in [0.15, 0.2) is 12.2 Å². The smallest absolute Gasteiger partial charge is 0.119 e. The minimum atomic E-state index is -0.723. The van der Waals surface area contributed by atoms with Gasteiger partial charge < -0.3 is 9.90 Å². The maximum absolute atomic E-state index is 10.2. The van der Waals surface area contributed by atoms with Crippen molar-refractivity contribution in [2.24, 2.45) is 5.41 Å². The Hall–Kier alpha value is 0.474. The van der Waals surface area contributed by atoms with Crippen LogP contribution >= 0.6 is 0 Å². The third-order valence-electron chi connectivity index (χ3n) is 2.37. The fraction of sp³-hybridized carbons (Fsp3) is 0.769. The number of hydrogen-bond donors (Lipinski definition) is 1. The van der Waals surface area contributed by atoms with Crippen LogP contribution in [-0.4, -0.2) is 17.0 Å². The van der Waals surface area contributed by atoms with Gasteiger partial charge in [0.15, 0.2) is 0 Å². The van der Waals surface area contributed by atoms with Gasteiger partial charge in [0, 0.05) is 39.1 Å². The molecule has 0 atom stereocenters. The molecule has 0 amide bonds. The Bertz CT molecular complexity index is 214. The molecule has 0 aliphatic rings. The van der Waals surface area contributed by atoms with Crippen LogP contribution in [0.1, 0.15) is 53.4 Å². The van der Waals surface area contributed by atoms with Gasteiger partial charge in [0.25, 0.3) is 0 Å². The van der Waals surface area contributed by atoms with Gasteiger partial charge in [-0.1, -0.05) is 26.0 Å². The van der Waals surface area contributed by atoms with E-state index in [1.807, 2.05) is 12.2 Å². The summed E-state index contributed by atoms with van der Waals surface area (Å²) in [6, 6.07) is 0. The first kappa shape index (κ1) is 18.8. The van der Waals surface area contributed by atoms with E-state index < -0.39 is 5.60 Å². The monoisotopic (exact) mass is 301 g/mol. The number of carbonyl (C=O) groups excluding carboxylic acids is 1. The van der Waals surface area contributed by atoms with Crippen molar-refractivity contribution in [2.45, 2.75) is 59.0 Å². The number of carbonyl (C=O) groups is 1. The molecule has 0 aliphatic carbocycles. The molecule has 3 heteroatoms. The molecule has 0 aromatic rings. The second kappa shape index (κ2) is 8.55. The zero-order valence-corrected chi connectivity index (χ0v) is 13.8. The molecule has 91 valence electrons. The molecule has 1 N–H and O–H groups in total. The van der Waals surface area contributed by atoms with Gasteiger partial charge in [-0.3, -0.25) is 0 Å². The molecule has 0 unspecified atom stereocenters. The summed E-state index contributed by atoms with van der Waals surface area (Å²) in [5, 5.41) is 9.50. The van der Waals surface area contributed by atoms with Gasteiger partial charge in [0.1, 0.15) is 6.29 Å². The zero-order chi connectivity index (χ0) is 11.9. The Morgan fingerprint density at radius 3 is 2.19 bits per heavy atom. The Morgan fingerprint density at radius 2 is 1.75 bits per heavy atom. The van der Waals surface area contributed by atoms with Crippen LogP contribution < -0.4 is 0 Å². The SMILES string of the molecule is CC(C)(O)/C=C\CC(C)(C)CCCC=O.[Y]. The van der Waals surface area contributed by atoms with Crippen molar-refractivity contribution in [3.05, 3.63) is 12.2 Å². The van der Waals surface area contributed by atoms with E-state index in [-0.39, 0.29) is 38.1 Å². The third kappa shape index (κ3) is 12.5. The number of aldehydes is 1. The molecule has 2 nitrogen and oxygen atoms in total. The largest absolute Gasteiger partial charge is 0.386 e. The van der Waals surface area contributed by atoms with Crippen LogP contribution in [0.25, 0.3) is 0 Å². The summed E-state index contributed by atoms with van der Waals surface area (Å²) < 4.78 is 0. The zero-order valence-electron chi connectivity index (χ0n) is 11.0. The molecule has 0 aromatic heterocycles. The van der Waals surface area contributed by atoms with Gasteiger partial charge in [-0.25, -0.2) is 0 Å². The molecule has 0 fully saturated rings. The molecule has 0 bridgehead atoms. The maximum atomic E-state index is 10.2. The molecule has 0 saturated heterocycles. The van der Waals surface area contributed by atoms with Gasteiger partial charge in [-0.2, -0.15) is 0 Å². The first-order valence-corrected chi connectivity index (χ1v) is 5.60. The summed E-state index contributed by atoms with van der Waals surface area (Å²) in [6.07, 6.45) is 8.42. The van der Waals surface area contributed by atoms with Crippen molar-refractivity contribution in [1.29, 1.82) is 0 Å². The predicted molar refractivity (Wildman–Crippen MR) is 63.8 cm³/mol. The number of hydrogen-bond acceptors (Lipinski definition) is 2. The van der Waals surface area contributed by atoms with Crippen LogP contribution in [0.4, 0.5) is 0 Å². The molecular formula is C13H24O2Y. The van der Waals surface area contributed by atoms with Crippen LogP contribution in [0, 0.1) is 5.41 Å². The van der Waals surface area contributed by atoms with Gasteiger partial charge in [-0.15, -0.1) is 0 Å². The Balaban J connectivity index is 0. The Labute approximate surface area is 125 Å². The van der Waals surface area contributed by atoms with Crippen molar-refractivity contribution < 1.29 is 42.6 Å². The number of aliphatic hydroxyl groups is 1. The molecule has 0 spiro atoms. The number of rotatable bonds is 7. The summed E-state index contributed by atoms with van der Waals surface area (Å²) in [6.45, 7) is 7.91. The Kier molecular flexibility index (Phi) is 10.1. The van der Waals surface area contributed by atoms with Crippen LogP contribution in [0.2, 0.25) is 0 Å². The summed E-state index contributed by atoms with van der Waals surface area (Å²) in [5.41, 5.74) is -0.510. The van der Waals surface area contributed by atoms with Crippen molar-refractivity contribution in [3.63, 3.8) is 0 Å². The van der Waals surface area contributed by atoms with Gasteiger partial charge in [-0.05, 0) is 38.5 Å². The molecule has 16 heavy (non-hydrogen) atoms. The van der Waals surface area contributed by atoms with E-state index in [2.05, 4.69) is 13.8 Å². The van der Waals surface area contributed by atoms with Crippen molar-refractivity contribution in [1.82, 2.24) is 0 Å². The predicted octanol–water partition coefficient (Wildman–Crippen LogP) is 3.10. The van der Waals surface area contributed by atoms with E-state index in [1.165, 1.54) is 0 Å². The molecule has 1 radical (unpaired) electrons. The minimum Gasteiger partial charge on any atom is -0.386 e. The fourth-order valence-electron chi connectivity index (χ4n) is 1.43. The third-order valence-corrected chi connectivity index (χ3v) is 2.37. The number of allylic oxidation sites excluding steroid dienone is 1. The summed E-state index contributed by atoms with van der Waals surface area (Å²) in [4.78, 5) is 10.2. The molecular weight excluding hydrogens is 277 g/mol. The second-order valence-corrected chi connectivity index (χ2v) is 5.48. The minimum absolute atomic E-state index is 0. The molecule has 0 rings (SSSR count). The second-order valence-electron chi connectivity index (χ2n) is 5.48. The van der Waals surface area contributed by atoms with Gasteiger partial charge >= 0.3 is 0 Å². The average molecular weight is 301 g/mol. The van der Waals surface area contributed by atoms with E-state index in [0.717, 1.165) is 25.5 Å². The van der Waals surface area contributed by atoms with Gasteiger partial charge in [0.2, 0.25) is 0 Å². The topological polar surface area (TPSA) is 37.3 Å². The normalized spacial score (nSPS) is 12.6. The van der Waals surface area contributed by atoms with Gasteiger partial charge in [0.05, 0.1) is 5.60 Å². The molecule has 0 saturated carbocycles. The standard InChI is InChI=1S/C13H24O2.Y/c1-12(2,8-5-6-11-14)9-7-10-13(3,4)15;/h7,10-11,15H,5-6,8-9H2,1-4H3;/b10-7-;. The molecule has 0 heterocycles. The first-order chi connectivity index (χ1) is 6.77. The van der Waals surface area contributed by atoms with E-state index in [9.17, 15) is 9.90 Å². The van der Waals surface area contributed by atoms with E-state index in [4.69, 9.17) is 0 Å². The number of unbranched alkanes of at least 4 members (excludes halogenated alkanes) is 1. The van der Waals surface area contributed by atoms with Crippen LogP contribution in [-0.2, 0) is 37.5 Å². The van der Waals surface area contributed by atoms with Crippen molar-refractivity contribution >= 4 is 6.29 Å². The fourth-order valence-corrected chi connectivity index (χ4v) is 1.43. The first-order valence-electron chi connectivity index (χ1n) is 5.60. The Morgan fingerprint density at radius 1 is 1.19 bits per heavy atom. The summed E-state index contributed by atoms with van der Waals surface area (Å²) in [5.74, 6) is 0. The van der Waals surface area contributed by atoms with E-state index in [0.29, 0.717) is 6.42 Å². The molecule has 0 aromatic carbocycles. The van der Waals surface area contributed by atoms with E-state index >= 15 is 0 Å². The quantitative estimate of drug-likeness (QED) is 0.446. The summed E-state index contributed by atoms with van der Waals surface area (Å²) >= 11 is 0. The van der Waals surface area contributed by atoms with Crippen LogP contribution in [0.5, 0.6) is 0 Å². The van der Waals surface area contributed by atoms with Crippen LogP contribution in [0.3, 0.4) is 0 Å². The van der Waals surface area contributed by atoms with Crippen molar-refractivity contribution in [3.8, 4) is 0 Å². The summed E-state index contributed by atoms with van der Waals surface area (Å²) in [7, 11) is 0. The molecule has 0 aliphatic heterocycles.